The first-order chi connectivity index (χ1) is 16.3. The van der Waals surface area contributed by atoms with Gasteiger partial charge in [0.2, 0.25) is 29.5 Å². The molecule has 0 heterocycles. The molecule has 0 radical (unpaired) electrons. The molecule has 0 aromatic carbocycles. The van der Waals surface area contributed by atoms with Gasteiger partial charge >= 0.3 is 11.9 Å². The number of carboxylic acid groups (broad SMARTS) is 2. The van der Waals surface area contributed by atoms with Gasteiger partial charge in [-0.05, 0) is 32.2 Å². The van der Waals surface area contributed by atoms with E-state index in [0.29, 0.717) is 19.4 Å². The molecule has 0 aliphatic heterocycles. The molecule has 0 spiro atoms. The number of carboxylic acids is 2. The Labute approximate surface area is 200 Å². The Morgan fingerprint density at radius 2 is 1.23 bits per heavy atom. The van der Waals surface area contributed by atoms with Crippen molar-refractivity contribution in [1.82, 2.24) is 16.0 Å². The molecule has 198 valence electrons. The van der Waals surface area contributed by atoms with Crippen molar-refractivity contribution in [3.8, 4) is 0 Å². The quantitative estimate of drug-likeness (QED) is 0.0804. The summed E-state index contributed by atoms with van der Waals surface area (Å²) in [6.07, 6.45) is -0.992. The molecular formula is C19H33N7O9. The van der Waals surface area contributed by atoms with Crippen molar-refractivity contribution in [1.29, 1.82) is 0 Å². The predicted octanol–water partition coefficient (Wildman–Crippen LogP) is -4.40. The molecule has 4 atom stereocenters. The molecule has 16 heteroatoms. The summed E-state index contributed by atoms with van der Waals surface area (Å²) in [7, 11) is 0. The first-order valence-electron chi connectivity index (χ1n) is 10.7. The number of primary amides is 2. The van der Waals surface area contributed by atoms with Gasteiger partial charge < -0.3 is 49.1 Å². The Morgan fingerprint density at radius 1 is 0.686 bits per heavy atom. The zero-order chi connectivity index (χ0) is 27.1. The number of carbonyl (C=O) groups excluding carboxylic acids is 5. The number of carbonyl (C=O) groups is 7. The fourth-order valence-electron chi connectivity index (χ4n) is 2.80. The highest BCUT2D eigenvalue weighted by Crippen LogP contribution is 2.05. The van der Waals surface area contributed by atoms with E-state index in [1.165, 1.54) is 0 Å². The van der Waals surface area contributed by atoms with E-state index in [1.807, 2.05) is 5.32 Å². The van der Waals surface area contributed by atoms with E-state index in [4.69, 9.17) is 33.1 Å². The third kappa shape index (κ3) is 13.5. The Hall–Kier alpha value is -3.79. The number of aliphatic carboxylic acids is 2. The first-order valence-corrected chi connectivity index (χ1v) is 10.7. The standard InChI is InChI=1S/C19H33N7O9/c20-6-2-1-3-10(24-16(31)9(21)4-5-13(22)27)17(32)25-11(7-14(23)28)18(33)26-12(19(34)35)8-15(29)30/h9-12H,1-8,20-21H2,(H2,22,27)(H2,23,28)(H,24,31)(H,25,32)(H,26,33)(H,29,30)(H,34,35). The summed E-state index contributed by atoms with van der Waals surface area (Å²) >= 11 is 0. The molecular weight excluding hydrogens is 470 g/mol. The van der Waals surface area contributed by atoms with Gasteiger partial charge in [-0.3, -0.25) is 28.8 Å². The lowest BCUT2D eigenvalue weighted by atomic mass is 10.1. The lowest BCUT2D eigenvalue weighted by molar-refractivity contribution is -0.147. The van der Waals surface area contributed by atoms with Crippen molar-refractivity contribution < 1.29 is 43.8 Å². The second-order valence-corrected chi connectivity index (χ2v) is 7.69. The third-order valence-corrected chi connectivity index (χ3v) is 4.65. The average molecular weight is 504 g/mol. The van der Waals surface area contributed by atoms with Gasteiger partial charge in [-0.25, -0.2) is 4.79 Å². The van der Waals surface area contributed by atoms with E-state index in [9.17, 15) is 33.6 Å². The maximum atomic E-state index is 12.8. The molecule has 13 N–H and O–H groups in total. The molecule has 0 rings (SSSR count). The first kappa shape index (κ1) is 31.2. The van der Waals surface area contributed by atoms with Crippen LogP contribution in [0.4, 0.5) is 0 Å². The van der Waals surface area contributed by atoms with Crippen LogP contribution in [0.25, 0.3) is 0 Å². The van der Waals surface area contributed by atoms with E-state index in [0.717, 1.165) is 0 Å². The van der Waals surface area contributed by atoms with E-state index in [2.05, 4.69) is 10.6 Å². The molecule has 0 saturated carbocycles. The van der Waals surface area contributed by atoms with Crippen LogP contribution in [-0.2, 0) is 33.6 Å². The predicted molar refractivity (Wildman–Crippen MR) is 119 cm³/mol. The maximum absolute atomic E-state index is 12.8. The smallest absolute Gasteiger partial charge is 0.326 e. The fraction of sp³-hybridized carbons (Fsp3) is 0.632. The number of hydrogen-bond acceptors (Lipinski definition) is 9. The van der Waals surface area contributed by atoms with Crippen molar-refractivity contribution in [2.24, 2.45) is 22.9 Å². The highest BCUT2D eigenvalue weighted by molar-refractivity contribution is 5.96. The monoisotopic (exact) mass is 503 g/mol. The molecule has 35 heavy (non-hydrogen) atoms. The van der Waals surface area contributed by atoms with Gasteiger partial charge in [-0.15, -0.1) is 0 Å². The molecule has 0 aromatic heterocycles. The highest BCUT2D eigenvalue weighted by atomic mass is 16.4. The van der Waals surface area contributed by atoms with Crippen molar-refractivity contribution in [2.75, 3.05) is 6.54 Å². The maximum Gasteiger partial charge on any atom is 0.326 e. The normalized spacial score (nSPS) is 14.0. The van der Waals surface area contributed by atoms with Crippen LogP contribution in [0.2, 0.25) is 0 Å². The third-order valence-electron chi connectivity index (χ3n) is 4.65. The van der Waals surface area contributed by atoms with Gasteiger partial charge in [-0.1, -0.05) is 0 Å². The van der Waals surface area contributed by atoms with Gasteiger partial charge in [0, 0.05) is 6.42 Å². The Morgan fingerprint density at radius 3 is 1.71 bits per heavy atom. The van der Waals surface area contributed by atoms with Crippen LogP contribution >= 0.6 is 0 Å². The van der Waals surface area contributed by atoms with Gasteiger partial charge in [0.15, 0.2) is 0 Å². The molecule has 4 unspecified atom stereocenters. The minimum absolute atomic E-state index is 0.0684. The summed E-state index contributed by atoms with van der Waals surface area (Å²) in [6, 6.07) is -5.89. The number of unbranched alkanes of at least 4 members (excludes halogenated alkanes) is 1. The number of nitrogens with two attached hydrogens (primary N) is 4. The molecule has 5 amide bonds. The van der Waals surface area contributed by atoms with Crippen molar-refractivity contribution in [2.45, 2.75) is 69.1 Å². The number of nitrogens with one attached hydrogen (secondary N) is 3. The second kappa shape index (κ2) is 15.9. The fourth-order valence-corrected chi connectivity index (χ4v) is 2.80. The van der Waals surface area contributed by atoms with Crippen LogP contribution in [0, 0.1) is 0 Å². The number of rotatable bonds is 18. The topological polar surface area (TPSA) is 300 Å². The zero-order valence-corrected chi connectivity index (χ0v) is 19.0. The summed E-state index contributed by atoms with van der Waals surface area (Å²) < 4.78 is 0. The van der Waals surface area contributed by atoms with E-state index >= 15 is 0 Å². The largest absolute Gasteiger partial charge is 0.481 e. The van der Waals surface area contributed by atoms with Gasteiger partial charge in [0.25, 0.3) is 0 Å². The molecule has 0 saturated heterocycles. The number of amides is 5. The van der Waals surface area contributed by atoms with Crippen LogP contribution in [0.15, 0.2) is 0 Å². The summed E-state index contributed by atoms with van der Waals surface area (Å²) in [5.41, 5.74) is 21.3. The van der Waals surface area contributed by atoms with Crippen molar-refractivity contribution in [3.05, 3.63) is 0 Å². The molecule has 0 aromatic rings. The van der Waals surface area contributed by atoms with Gasteiger partial charge in [0.05, 0.1) is 18.9 Å². The Bertz CT molecular complexity index is 806. The average Bonchev–Trinajstić information content (AvgIpc) is 2.74. The minimum Gasteiger partial charge on any atom is -0.481 e. The Kier molecular flexibility index (Phi) is 14.2. The Balaban J connectivity index is 5.53. The highest BCUT2D eigenvalue weighted by Gasteiger charge is 2.31. The molecule has 16 nitrogen and oxygen atoms in total. The van der Waals surface area contributed by atoms with Crippen LogP contribution in [0.3, 0.4) is 0 Å². The lowest BCUT2D eigenvalue weighted by Crippen LogP contribution is -2.58. The van der Waals surface area contributed by atoms with Crippen LogP contribution in [0.1, 0.15) is 44.9 Å². The SMILES string of the molecule is NCCCCC(NC(=O)C(N)CCC(N)=O)C(=O)NC(CC(N)=O)C(=O)NC(CC(=O)O)C(=O)O. The van der Waals surface area contributed by atoms with E-state index in [-0.39, 0.29) is 19.3 Å². The van der Waals surface area contributed by atoms with Crippen LogP contribution in [-0.4, -0.2) is 82.4 Å². The summed E-state index contributed by atoms with van der Waals surface area (Å²) in [4.78, 5) is 82.1. The van der Waals surface area contributed by atoms with E-state index < -0.39 is 78.5 Å². The van der Waals surface area contributed by atoms with Crippen LogP contribution in [0.5, 0.6) is 0 Å². The molecule has 0 bridgehead atoms. The molecule has 0 aliphatic carbocycles. The van der Waals surface area contributed by atoms with Gasteiger partial charge in [-0.2, -0.15) is 0 Å². The summed E-state index contributed by atoms with van der Waals surface area (Å²) in [5.74, 6) is -7.71. The summed E-state index contributed by atoms with van der Waals surface area (Å²) in [5, 5.41) is 24.4. The molecule has 0 aliphatic rings. The van der Waals surface area contributed by atoms with Crippen LogP contribution < -0.4 is 38.9 Å². The zero-order valence-electron chi connectivity index (χ0n) is 19.0. The second-order valence-electron chi connectivity index (χ2n) is 7.69. The van der Waals surface area contributed by atoms with Crippen molar-refractivity contribution in [3.63, 3.8) is 0 Å². The van der Waals surface area contributed by atoms with Crippen molar-refractivity contribution >= 4 is 41.5 Å². The minimum atomic E-state index is -1.84. The summed E-state index contributed by atoms with van der Waals surface area (Å²) in [6.45, 7) is 0.299. The molecule has 0 fully saturated rings. The lowest BCUT2D eigenvalue weighted by Gasteiger charge is -2.24. The number of hydrogen-bond donors (Lipinski definition) is 9. The van der Waals surface area contributed by atoms with E-state index in [1.54, 1.807) is 0 Å². The van der Waals surface area contributed by atoms with Gasteiger partial charge in [0.1, 0.15) is 18.1 Å².